The van der Waals surface area contributed by atoms with Crippen LogP contribution < -0.4 is 14.8 Å². The fraction of sp³-hybridized carbons (Fsp3) is 0.280. The Bertz CT molecular complexity index is 999. The Morgan fingerprint density at radius 1 is 0.906 bits per heavy atom. The second-order valence-corrected chi connectivity index (χ2v) is 8.69. The van der Waals surface area contributed by atoms with Gasteiger partial charge >= 0.3 is 0 Å². The van der Waals surface area contributed by atoms with E-state index < -0.39 is 0 Å². The SMILES string of the molecule is COc1cc(CNC(C)CCc2ccccc2)cc(Cl)c1OCc1ccc(Cl)cc1Cl.Cl. The first-order valence-electron chi connectivity index (χ1n) is 10.2. The second-order valence-electron chi connectivity index (χ2n) is 7.44. The number of hydrogen-bond donors (Lipinski definition) is 1. The molecule has 32 heavy (non-hydrogen) atoms. The Kier molecular flexibility index (Phi) is 11.0. The van der Waals surface area contributed by atoms with Crippen molar-refractivity contribution in [2.75, 3.05) is 7.11 Å². The van der Waals surface area contributed by atoms with Crippen molar-refractivity contribution >= 4 is 47.2 Å². The molecule has 3 rings (SSSR count). The van der Waals surface area contributed by atoms with E-state index in [1.165, 1.54) is 5.56 Å². The standard InChI is InChI=1S/C25H26Cl3NO2.ClH/c1-17(8-9-18-6-4-3-5-7-18)29-15-19-12-23(28)25(24(13-19)30-2)31-16-20-10-11-21(26)14-22(20)27;/h3-7,10-14,17,29H,8-9,15-16H2,1-2H3;1H. The van der Waals surface area contributed by atoms with Gasteiger partial charge in [-0.15, -0.1) is 12.4 Å². The lowest BCUT2D eigenvalue weighted by Crippen LogP contribution is -2.26. The van der Waals surface area contributed by atoms with Crippen molar-refractivity contribution in [2.24, 2.45) is 0 Å². The summed E-state index contributed by atoms with van der Waals surface area (Å²) in [6.07, 6.45) is 2.09. The molecule has 0 bridgehead atoms. The normalized spacial score (nSPS) is 11.5. The smallest absolute Gasteiger partial charge is 0.180 e. The minimum absolute atomic E-state index is 0. The van der Waals surface area contributed by atoms with Crippen LogP contribution >= 0.6 is 47.2 Å². The van der Waals surface area contributed by atoms with Gasteiger partial charge in [0.05, 0.1) is 12.1 Å². The van der Waals surface area contributed by atoms with E-state index in [-0.39, 0.29) is 19.0 Å². The Labute approximate surface area is 211 Å². The third-order valence-electron chi connectivity index (χ3n) is 5.04. The molecular formula is C25H27Cl4NO2. The summed E-state index contributed by atoms with van der Waals surface area (Å²) in [4.78, 5) is 0. The van der Waals surface area contributed by atoms with Gasteiger partial charge < -0.3 is 14.8 Å². The average Bonchev–Trinajstić information content (AvgIpc) is 2.77. The molecule has 1 unspecified atom stereocenters. The van der Waals surface area contributed by atoms with E-state index in [4.69, 9.17) is 44.3 Å². The van der Waals surface area contributed by atoms with Crippen LogP contribution in [0.15, 0.2) is 60.7 Å². The van der Waals surface area contributed by atoms with E-state index in [2.05, 4.69) is 36.5 Å². The van der Waals surface area contributed by atoms with Crippen LogP contribution in [0.4, 0.5) is 0 Å². The lowest BCUT2D eigenvalue weighted by Gasteiger charge is -2.17. The summed E-state index contributed by atoms with van der Waals surface area (Å²) in [6, 6.07) is 20.0. The van der Waals surface area contributed by atoms with Gasteiger partial charge in [-0.05, 0) is 55.2 Å². The predicted octanol–water partition coefficient (Wildman–Crippen LogP) is 7.77. The number of nitrogens with one attached hydrogen (secondary N) is 1. The summed E-state index contributed by atoms with van der Waals surface area (Å²) in [5.74, 6) is 1.09. The monoisotopic (exact) mass is 513 g/mol. The predicted molar refractivity (Wildman–Crippen MR) is 137 cm³/mol. The van der Waals surface area contributed by atoms with Gasteiger partial charge in [0.25, 0.3) is 0 Å². The number of hydrogen-bond acceptors (Lipinski definition) is 3. The van der Waals surface area contributed by atoms with Crippen LogP contribution in [0.1, 0.15) is 30.0 Å². The van der Waals surface area contributed by atoms with E-state index in [1.807, 2.05) is 24.3 Å². The van der Waals surface area contributed by atoms with Crippen molar-refractivity contribution in [3.8, 4) is 11.5 Å². The lowest BCUT2D eigenvalue weighted by atomic mass is 10.1. The van der Waals surface area contributed by atoms with Crippen LogP contribution in [0.5, 0.6) is 11.5 Å². The Morgan fingerprint density at radius 3 is 2.34 bits per heavy atom. The van der Waals surface area contributed by atoms with Crippen molar-refractivity contribution in [1.82, 2.24) is 5.32 Å². The summed E-state index contributed by atoms with van der Waals surface area (Å²) in [6.45, 7) is 3.14. The second kappa shape index (κ2) is 13.2. The molecule has 7 heteroatoms. The molecule has 0 amide bonds. The fourth-order valence-corrected chi connectivity index (χ4v) is 3.98. The zero-order valence-electron chi connectivity index (χ0n) is 18.0. The van der Waals surface area contributed by atoms with E-state index >= 15 is 0 Å². The van der Waals surface area contributed by atoms with E-state index in [1.54, 1.807) is 19.2 Å². The highest BCUT2D eigenvalue weighted by atomic mass is 35.5. The number of halogens is 4. The van der Waals surface area contributed by atoms with Crippen LogP contribution in [-0.4, -0.2) is 13.2 Å². The third-order valence-corrected chi connectivity index (χ3v) is 5.91. The summed E-state index contributed by atoms with van der Waals surface area (Å²) in [7, 11) is 1.60. The number of aryl methyl sites for hydroxylation is 1. The van der Waals surface area contributed by atoms with E-state index in [9.17, 15) is 0 Å². The van der Waals surface area contributed by atoms with Crippen LogP contribution in [0.2, 0.25) is 15.1 Å². The highest BCUT2D eigenvalue weighted by molar-refractivity contribution is 6.35. The van der Waals surface area contributed by atoms with Gasteiger partial charge in [-0.2, -0.15) is 0 Å². The maximum atomic E-state index is 6.51. The summed E-state index contributed by atoms with van der Waals surface area (Å²) in [5, 5.41) is 5.18. The Morgan fingerprint density at radius 2 is 1.66 bits per heavy atom. The number of benzene rings is 3. The van der Waals surface area contributed by atoms with E-state index in [0.717, 1.165) is 24.0 Å². The zero-order valence-corrected chi connectivity index (χ0v) is 21.1. The maximum absolute atomic E-state index is 6.51. The molecule has 0 saturated carbocycles. The topological polar surface area (TPSA) is 30.5 Å². The molecular weight excluding hydrogens is 488 g/mol. The fourth-order valence-electron chi connectivity index (χ4n) is 3.23. The number of ether oxygens (including phenoxy) is 2. The molecule has 0 aliphatic carbocycles. The van der Waals surface area contributed by atoms with Gasteiger partial charge in [-0.25, -0.2) is 0 Å². The molecule has 3 aromatic carbocycles. The molecule has 0 heterocycles. The minimum Gasteiger partial charge on any atom is -0.493 e. The molecule has 0 saturated heterocycles. The molecule has 3 aromatic rings. The molecule has 0 radical (unpaired) electrons. The summed E-state index contributed by atoms with van der Waals surface area (Å²) < 4.78 is 11.5. The van der Waals surface area contributed by atoms with Gasteiger partial charge in [0, 0.05) is 28.2 Å². The average molecular weight is 515 g/mol. The molecule has 172 valence electrons. The van der Waals surface area contributed by atoms with E-state index in [0.29, 0.717) is 39.2 Å². The van der Waals surface area contributed by atoms with Crippen molar-refractivity contribution in [3.63, 3.8) is 0 Å². The van der Waals surface area contributed by atoms with Crippen LogP contribution in [-0.2, 0) is 19.6 Å². The molecule has 0 fully saturated rings. The van der Waals surface area contributed by atoms with Crippen molar-refractivity contribution in [1.29, 1.82) is 0 Å². The molecule has 0 spiro atoms. The molecule has 1 atom stereocenters. The summed E-state index contributed by atoms with van der Waals surface area (Å²) >= 11 is 18.7. The first kappa shape index (κ1) is 26.6. The summed E-state index contributed by atoms with van der Waals surface area (Å²) in [5.41, 5.74) is 3.20. The van der Waals surface area contributed by atoms with Gasteiger partial charge in [0.2, 0.25) is 0 Å². The first-order chi connectivity index (χ1) is 15.0. The van der Waals surface area contributed by atoms with Crippen molar-refractivity contribution in [3.05, 3.63) is 92.4 Å². The lowest BCUT2D eigenvalue weighted by molar-refractivity contribution is 0.284. The maximum Gasteiger partial charge on any atom is 0.180 e. The van der Waals surface area contributed by atoms with Crippen LogP contribution in [0.25, 0.3) is 0 Å². The highest BCUT2D eigenvalue weighted by Crippen LogP contribution is 2.37. The molecule has 0 aromatic heterocycles. The molecule has 0 aliphatic rings. The van der Waals surface area contributed by atoms with Crippen molar-refractivity contribution < 1.29 is 9.47 Å². The largest absolute Gasteiger partial charge is 0.493 e. The van der Waals surface area contributed by atoms with Crippen molar-refractivity contribution in [2.45, 2.75) is 39.0 Å². The molecule has 1 N–H and O–H groups in total. The van der Waals surface area contributed by atoms with Gasteiger partial charge in [0.15, 0.2) is 11.5 Å². The molecule has 3 nitrogen and oxygen atoms in total. The Balaban J connectivity index is 0.00000363. The van der Waals surface area contributed by atoms with Gasteiger partial charge in [-0.1, -0.05) is 71.2 Å². The van der Waals surface area contributed by atoms with Gasteiger partial charge in [0.1, 0.15) is 6.61 Å². The minimum atomic E-state index is 0. The van der Waals surface area contributed by atoms with Crippen LogP contribution in [0, 0.1) is 0 Å². The number of rotatable bonds is 10. The highest BCUT2D eigenvalue weighted by Gasteiger charge is 2.14. The first-order valence-corrected chi connectivity index (χ1v) is 11.3. The quantitative estimate of drug-likeness (QED) is 0.299. The molecule has 0 aliphatic heterocycles. The zero-order chi connectivity index (χ0) is 22.2. The van der Waals surface area contributed by atoms with Crippen LogP contribution in [0.3, 0.4) is 0 Å². The van der Waals surface area contributed by atoms with Gasteiger partial charge in [-0.3, -0.25) is 0 Å². The number of methoxy groups -OCH3 is 1. The third kappa shape index (κ3) is 7.75. The Hall–Kier alpha value is -1.62.